The third-order valence-corrected chi connectivity index (χ3v) is 3.31. The van der Waals surface area contributed by atoms with E-state index in [1.54, 1.807) is 0 Å². The smallest absolute Gasteiger partial charge is 0.303 e. The summed E-state index contributed by atoms with van der Waals surface area (Å²) in [5.74, 6) is -0.332. The molecule has 3 nitrogen and oxygen atoms in total. The van der Waals surface area contributed by atoms with E-state index in [4.69, 9.17) is 5.11 Å². The Morgan fingerprint density at radius 3 is 2.82 bits per heavy atom. The minimum Gasteiger partial charge on any atom is -0.507 e. The number of aliphatic carboxylic acids is 1. The van der Waals surface area contributed by atoms with E-state index in [2.05, 4.69) is 0 Å². The van der Waals surface area contributed by atoms with Crippen LogP contribution in [-0.4, -0.2) is 16.2 Å². The van der Waals surface area contributed by atoms with Crippen molar-refractivity contribution in [2.24, 2.45) is 5.92 Å². The first-order chi connectivity index (χ1) is 8.09. The van der Waals surface area contributed by atoms with Crippen LogP contribution in [-0.2, 0) is 11.2 Å². The Labute approximate surface area is 100 Å². The summed E-state index contributed by atoms with van der Waals surface area (Å²) in [6, 6.07) is 7.74. The average Bonchev–Trinajstić information content (AvgIpc) is 2.28. The average molecular weight is 232 g/mol. The third-order valence-electron chi connectivity index (χ3n) is 3.31. The van der Waals surface area contributed by atoms with Crippen molar-refractivity contribution >= 4 is 11.7 Å². The van der Waals surface area contributed by atoms with Gasteiger partial charge in [-0.1, -0.05) is 31.2 Å². The van der Waals surface area contributed by atoms with Gasteiger partial charge in [-0.2, -0.15) is 0 Å². The van der Waals surface area contributed by atoms with Crippen LogP contribution in [0.2, 0.25) is 0 Å². The van der Waals surface area contributed by atoms with Gasteiger partial charge in [0.05, 0.1) is 0 Å². The van der Waals surface area contributed by atoms with E-state index in [-0.39, 0.29) is 18.1 Å². The standard InChI is InChI=1S/C14H16O3/c1-9-8-10-4-2-3-5-12(10)14(17)11(9)6-7-13(15)16/h2-5,9,17H,6-8H2,1H3,(H,15,16). The van der Waals surface area contributed by atoms with Gasteiger partial charge in [-0.3, -0.25) is 4.79 Å². The molecule has 90 valence electrons. The van der Waals surface area contributed by atoms with E-state index >= 15 is 0 Å². The number of carboxylic acid groups (broad SMARTS) is 1. The largest absolute Gasteiger partial charge is 0.507 e. The maximum absolute atomic E-state index is 10.6. The van der Waals surface area contributed by atoms with Crippen molar-refractivity contribution in [1.29, 1.82) is 0 Å². The quantitative estimate of drug-likeness (QED) is 0.842. The molecule has 0 amide bonds. The molecule has 0 spiro atoms. The van der Waals surface area contributed by atoms with Crippen LogP contribution in [0.15, 0.2) is 29.8 Å². The molecule has 1 aromatic carbocycles. The molecular formula is C14H16O3. The van der Waals surface area contributed by atoms with Crippen molar-refractivity contribution in [1.82, 2.24) is 0 Å². The molecule has 17 heavy (non-hydrogen) atoms. The predicted molar refractivity (Wildman–Crippen MR) is 65.7 cm³/mol. The second-order valence-corrected chi connectivity index (χ2v) is 4.53. The van der Waals surface area contributed by atoms with Gasteiger partial charge in [-0.05, 0) is 29.9 Å². The summed E-state index contributed by atoms with van der Waals surface area (Å²) in [6.07, 6.45) is 1.37. The molecule has 1 atom stereocenters. The topological polar surface area (TPSA) is 57.5 Å². The highest BCUT2D eigenvalue weighted by atomic mass is 16.4. The number of carbonyl (C=O) groups is 1. The molecule has 1 aliphatic carbocycles. The first-order valence-electron chi connectivity index (χ1n) is 5.81. The summed E-state index contributed by atoms with van der Waals surface area (Å²) >= 11 is 0. The number of rotatable bonds is 3. The molecule has 0 aromatic heterocycles. The highest BCUT2D eigenvalue weighted by molar-refractivity contribution is 5.70. The highest BCUT2D eigenvalue weighted by Crippen LogP contribution is 2.35. The minimum absolute atomic E-state index is 0.0753. The zero-order valence-corrected chi connectivity index (χ0v) is 9.81. The number of hydrogen-bond acceptors (Lipinski definition) is 2. The van der Waals surface area contributed by atoms with Gasteiger partial charge >= 0.3 is 5.97 Å². The lowest BCUT2D eigenvalue weighted by Crippen LogP contribution is -2.14. The summed E-state index contributed by atoms with van der Waals surface area (Å²) in [5.41, 5.74) is 2.86. The molecule has 2 N–H and O–H groups in total. The molecular weight excluding hydrogens is 216 g/mol. The van der Waals surface area contributed by atoms with Crippen molar-refractivity contribution in [3.8, 4) is 0 Å². The number of allylic oxidation sites excluding steroid dienone is 1. The number of aliphatic hydroxyl groups excluding tert-OH is 1. The van der Waals surface area contributed by atoms with Gasteiger partial charge < -0.3 is 10.2 Å². The lowest BCUT2D eigenvalue weighted by Gasteiger charge is -2.25. The molecule has 0 fully saturated rings. The van der Waals surface area contributed by atoms with E-state index in [1.165, 1.54) is 0 Å². The maximum atomic E-state index is 10.6. The lowest BCUT2D eigenvalue weighted by molar-refractivity contribution is -0.136. The van der Waals surface area contributed by atoms with E-state index in [1.807, 2.05) is 31.2 Å². The Morgan fingerprint density at radius 1 is 1.41 bits per heavy atom. The van der Waals surface area contributed by atoms with Gasteiger partial charge in [0.25, 0.3) is 0 Å². The van der Waals surface area contributed by atoms with Crippen molar-refractivity contribution in [2.75, 3.05) is 0 Å². The van der Waals surface area contributed by atoms with E-state index in [0.29, 0.717) is 6.42 Å². The molecule has 0 radical (unpaired) electrons. The first kappa shape index (κ1) is 11.7. The van der Waals surface area contributed by atoms with Gasteiger partial charge in [0, 0.05) is 12.0 Å². The number of fused-ring (bicyclic) bond motifs is 1. The van der Waals surface area contributed by atoms with Crippen LogP contribution < -0.4 is 0 Å². The van der Waals surface area contributed by atoms with Crippen LogP contribution in [0.25, 0.3) is 5.76 Å². The molecule has 2 rings (SSSR count). The summed E-state index contributed by atoms with van der Waals surface area (Å²) in [6.45, 7) is 2.03. The maximum Gasteiger partial charge on any atom is 0.303 e. The van der Waals surface area contributed by atoms with Crippen molar-refractivity contribution in [3.05, 3.63) is 41.0 Å². The Morgan fingerprint density at radius 2 is 2.12 bits per heavy atom. The minimum atomic E-state index is -0.823. The van der Waals surface area contributed by atoms with Gasteiger partial charge in [0.15, 0.2) is 0 Å². The van der Waals surface area contributed by atoms with Crippen LogP contribution in [0.4, 0.5) is 0 Å². The van der Waals surface area contributed by atoms with Crippen LogP contribution in [0, 0.1) is 5.92 Å². The third kappa shape index (κ3) is 2.33. The van der Waals surface area contributed by atoms with E-state index in [9.17, 15) is 9.90 Å². The van der Waals surface area contributed by atoms with Gasteiger partial charge in [-0.15, -0.1) is 0 Å². The Hall–Kier alpha value is -1.77. The van der Waals surface area contributed by atoms with Crippen LogP contribution in [0.1, 0.15) is 30.9 Å². The lowest BCUT2D eigenvalue weighted by atomic mass is 9.81. The summed E-state index contributed by atoms with van der Waals surface area (Å²) < 4.78 is 0. The SMILES string of the molecule is CC1Cc2ccccc2C(O)=C1CCC(=O)O. The second kappa shape index (κ2) is 4.62. The van der Waals surface area contributed by atoms with Crippen molar-refractivity contribution < 1.29 is 15.0 Å². The zero-order chi connectivity index (χ0) is 12.4. The Balaban J connectivity index is 2.33. The molecule has 0 saturated carbocycles. The molecule has 1 aliphatic rings. The number of carboxylic acids is 1. The Bertz CT molecular complexity index is 474. The number of aliphatic hydroxyl groups is 1. The number of benzene rings is 1. The van der Waals surface area contributed by atoms with Crippen molar-refractivity contribution in [2.45, 2.75) is 26.2 Å². The van der Waals surface area contributed by atoms with E-state index < -0.39 is 5.97 Å². The summed E-state index contributed by atoms with van der Waals surface area (Å²) in [4.78, 5) is 10.6. The molecule has 0 heterocycles. The summed E-state index contributed by atoms with van der Waals surface area (Å²) in [7, 11) is 0. The molecule has 1 unspecified atom stereocenters. The fourth-order valence-corrected chi connectivity index (χ4v) is 2.40. The van der Waals surface area contributed by atoms with Crippen LogP contribution in [0.5, 0.6) is 0 Å². The monoisotopic (exact) mass is 232 g/mol. The second-order valence-electron chi connectivity index (χ2n) is 4.53. The van der Waals surface area contributed by atoms with Crippen LogP contribution >= 0.6 is 0 Å². The molecule has 0 aliphatic heterocycles. The summed E-state index contributed by atoms with van der Waals surface area (Å²) in [5, 5.41) is 18.9. The highest BCUT2D eigenvalue weighted by Gasteiger charge is 2.23. The fourth-order valence-electron chi connectivity index (χ4n) is 2.40. The number of hydrogen-bond donors (Lipinski definition) is 2. The Kier molecular flexibility index (Phi) is 3.18. The molecule has 0 saturated heterocycles. The van der Waals surface area contributed by atoms with Gasteiger partial charge in [-0.25, -0.2) is 0 Å². The molecule has 0 bridgehead atoms. The zero-order valence-electron chi connectivity index (χ0n) is 9.81. The predicted octanol–water partition coefficient (Wildman–Crippen LogP) is 3.01. The first-order valence-corrected chi connectivity index (χ1v) is 5.81. The van der Waals surface area contributed by atoms with E-state index in [0.717, 1.165) is 23.1 Å². The molecule has 3 heteroatoms. The van der Waals surface area contributed by atoms with Crippen LogP contribution in [0.3, 0.4) is 0 Å². The normalized spacial score (nSPS) is 19.0. The van der Waals surface area contributed by atoms with Crippen molar-refractivity contribution in [3.63, 3.8) is 0 Å². The van der Waals surface area contributed by atoms with Gasteiger partial charge in [0.1, 0.15) is 5.76 Å². The van der Waals surface area contributed by atoms with Gasteiger partial charge in [0.2, 0.25) is 0 Å². The molecule has 1 aromatic rings. The fraction of sp³-hybridized carbons (Fsp3) is 0.357.